The Labute approximate surface area is 92.5 Å². The Bertz CT molecular complexity index is 318. The minimum Gasteiger partial charge on any atom is -0.423 e. The average Bonchev–Trinajstić information content (AvgIpc) is 2.01. The highest BCUT2D eigenvalue weighted by molar-refractivity contribution is 9.10. The zero-order valence-corrected chi connectivity index (χ0v) is 9.82. The Morgan fingerprint density at radius 2 is 2.07 bits per heavy atom. The molecule has 1 aromatic heterocycles. The van der Waals surface area contributed by atoms with Gasteiger partial charge in [0.1, 0.15) is 4.60 Å². The van der Waals surface area contributed by atoms with E-state index in [0.29, 0.717) is 16.0 Å². The maximum Gasteiger partial charge on any atom is 0.488 e. The van der Waals surface area contributed by atoms with Crippen molar-refractivity contribution in [1.29, 1.82) is 0 Å². The number of nitrogens with zero attached hydrogens (tertiary/aromatic N) is 1. The van der Waals surface area contributed by atoms with Crippen molar-refractivity contribution in [3.05, 3.63) is 22.4 Å². The van der Waals surface area contributed by atoms with E-state index in [1.807, 2.05) is 0 Å². The molecule has 0 fully saturated rings. The van der Waals surface area contributed by atoms with Gasteiger partial charge in [-0.15, -0.1) is 0 Å². The molecule has 5 heteroatoms. The molecule has 76 valence electrons. The van der Waals surface area contributed by atoms with Gasteiger partial charge in [-0.1, -0.05) is 13.8 Å². The third-order valence-corrected chi connectivity index (χ3v) is 2.19. The van der Waals surface area contributed by atoms with Crippen LogP contribution in [0.15, 0.2) is 16.7 Å². The standard InChI is InChI=1S/C9H13BBrNO2/c1-6(2)3-8-4-7(10(13)14)5-9(11)12-8/h4-6,13-14H,3H2,1-2H3. The highest BCUT2D eigenvalue weighted by Crippen LogP contribution is 2.09. The summed E-state index contributed by atoms with van der Waals surface area (Å²) in [5.41, 5.74) is 1.35. The van der Waals surface area contributed by atoms with Gasteiger partial charge in [-0.2, -0.15) is 0 Å². The van der Waals surface area contributed by atoms with Gasteiger partial charge in [-0.25, -0.2) is 4.98 Å². The number of pyridine rings is 1. The van der Waals surface area contributed by atoms with Crippen LogP contribution in [0, 0.1) is 5.92 Å². The predicted octanol–water partition coefficient (Wildman–Crippen LogP) is 0.722. The van der Waals surface area contributed by atoms with Crippen LogP contribution in [0.5, 0.6) is 0 Å². The Kier molecular flexibility index (Phi) is 4.10. The second-order valence-electron chi connectivity index (χ2n) is 3.69. The molecule has 1 rings (SSSR count). The van der Waals surface area contributed by atoms with Crippen LogP contribution in [0.3, 0.4) is 0 Å². The van der Waals surface area contributed by atoms with Gasteiger partial charge in [0.15, 0.2) is 0 Å². The summed E-state index contributed by atoms with van der Waals surface area (Å²) < 4.78 is 0.638. The highest BCUT2D eigenvalue weighted by atomic mass is 79.9. The third-order valence-electron chi connectivity index (χ3n) is 1.78. The van der Waals surface area contributed by atoms with Crippen molar-refractivity contribution in [3.8, 4) is 0 Å². The van der Waals surface area contributed by atoms with Gasteiger partial charge >= 0.3 is 7.12 Å². The van der Waals surface area contributed by atoms with Crippen molar-refractivity contribution in [2.24, 2.45) is 5.92 Å². The van der Waals surface area contributed by atoms with Gasteiger partial charge < -0.3 is 10.0 Å². The van der Waals surface area contributed by atoms with E-state index in [1.165, 1.54) is 0 Å². The van der Waals surface area contributed by atoms with Gasteiger partial charge in [0.05, 0.1) is 0 Å². The summed E-state index contributed by atoms with van der Waals surface area (Å²) in [6, 6.07) is 3.32. The van der Waals surface area contributed by atoms with E-state index in [4.69, 9.17) is 10.0 Å². The molecule has 0 aliphatic carbocycles. The summed E-state index contributed by atoms with van der Waals surface area (Å²) in [5.74, 6) is 0.500. The number of halogens is 1. The zero-order valence-electron chi connectivity index (χ0n) is 8.24. The number of rotatable bonds is 3. The maximum absolute atomic E-state index is 9.01. The molecule has 0 unspecified atom stereocenters. The summed E-state index contributed by atoms with van der Waals surface area (Å²) in [6.07, 6.45) is 0.832. The highest BCUT2D eigenvalue weighted by Gasteiger charge is 2.13. The Balaban J connectivity index is 2.95. The van der Waals surface area contributed by atoms with Crippen LogP contribution in [0.4, 0.5) is 0 Å². The molecule has 14 heavy (non-hydrogen) atoms. The summed E-state index contributed by atoms with van der Waals surface area (Å²) in [5, 5.41) is 18.0. The van der Waals surface area contributed by atoms with E-state index in [1.54, 1.807) is 12.1 Å². The molecule has 0 atom stereocenters. The number of hydrogen-bond acceptors (Lipinski definition) is 3. The molecule has 0 bridgehead atoms. The molecule has 0 aromatic carbocycles. The van der Waals surface area contributed by atoms with Crippen molar-refractivity contribution in [2.45, 2.75) is 20.3 Å². The maximum atomic E-state index is 9.01. The molecule has 1 heterocycles. The minimum absolute atomic E-state index is 0.475. The lowest BCUT2D eigenvalue weighted by atomic mass is 9.80. The van der Waals surface area contributed by atoms with Crippen molar-refractivity contribution in [3.63, 3.8) is 0 Å². The molecule has 0 aliphatic rings. The molecule has 0 saturated heterocycles. The van der Waals surface area contributed by atoms with E-state index in [9.17, 15) is 0 Å². The fourth-order valence-corrected chi connectivity index (χ4v) is 1.74. The molecule has 3 nitrogen and oxygen atoms in total. The Morgan fingerprint density at radius 1 is 1.43 bits per heavy atom. The van der Waals surface area contributed by atoms with Gasteiger partial charge in [0.2, 0.25) is 0 Å². The van der Waals surface area contributed by atoms with E-state index in [2.05, 4.69) is 34.8 Å². The van der Waals surface area contributed by atoms with E-state index < -0.39 is 7.12 Å². The molecule has 0 aliphatic heterocycles. The van der Waals surface area contributed by atoms with Crippen LogP contribution in [0.1, 0.15) is 19.5 Å². The predicted molar refractivity (Wildman–Crippen MR) is 60.3 cm³/mol. The molecule has 0 saturated carbocycles. The Morgan fingerprint density at radius 3 is 2.57 bits per heavy atom. The molecular weight excluding hydrogens is 245 g/mol. The normalized spacial score (nSPS) is 10.7. The molecule has 0 spiro atoms. The van der Waals surface area contributed by atoms with E-state index in [-0.39, 0.29) is 0 Å². The fraction of sp³-hybridized carbons (Fsp3) is 0.444. The summed E-state index contributed by atoms with van der Waals surface area (Å²) in [7, 11) is -1.43. The summed E-state index contributed by atoms with van der Waals surface area (Å²) in [6.45, 7) is 4.19. The van der Waals surface area contributed by atoms with Crippen molar-refractivity contribution >= 4 is 28.5 Å². The lowest BCUT2D eigenvalue weighted by Crippen LogP contribution is -2.30. The number of hydrogen-bond donors (Lipinski definition) is 2. The Hall–Kier alpha value is -0.385. The lowest BCUT2D eigenvalue weighted by molar-refractivity contribution is 0.425. The van der Waals surface area contributed by atoms with Crippen molar-refractivity contribution in [2.75, 3.05) is 0 Å². The van der Waals surface area contributed by atoms with Crippen molar-refractivity contribution < 1.29 is 10.0 Å². The molecule has 1 aromatic rings. The molecule has 2 N–H and O–H groups in total. The monoisotopic (exact) mass is 257 g/mol. The second kappa shape index (κ2) is 4.91. The first-order valence-electron chi connectivity index (χ1n) is 4.51. The number of aromatic nitrogens is 1. The van der Waals surface area contributed by atoms with Crippen molar-refractivity contribution in [1.82, 2.24) is 4.98 Å². The third kappa shape index (κ3) is 3.40. The first-order valence-corrected chi connectivity index (χ1v) is 5.31. The summed E-state index contributed by atoms with van der Waals surface area (Å²) in [4.78, 5) is 4.25. The molecule has 0 radical (unpaired) electrons. The quantitative estimate of drug-likeness (QED) is 0.620. The first-order chi connectivity index (χ1) is 6.49. The molecule has 0 amide bonds. The smallest absolute Gasteiger partial charge is 0.423 e. The van der Waals surface area contributed by atoms with Crippen LogP contribution in [0.25, 0.3) is 0 Å². The van der Waals surface area contributed by atoms with Crippen LogP contribution in [-0.2, 0) is 6.42 Å². The largest absolute Gasteiger partial charge is 0.488 e. The zero-order chi connectivity index (χ0) is 10.7. The summed E-state index contributed by atoms with van der Waals surface area (Å²) >= 11 is 3.24. The first kappa shape index (κ1) is 11.7. The van der Waals surface area contributed by atoms with Crippen LogP contribution < -0.4 is 5.46 Å². The fourth-order valence-electron chi connectivity index (χ4n) is 1.25. The van der Waals surface area contributed by atoms with E-state index >= 15 is 0 Å². The van der Waals surface area contributed by atoms with Gasteiger partial charge in [0.25, 0.3) is 0 Å². The van der Waals surface area contributed by atoms with Crippen LogP contribution in [0.2, 0.25) is 0 Å². The second-order valence-corrected chi connectivity index (χ2v) is 4.50. The molecular formula is C9H13BBrNO2. The van der Waals surface area contributed by atoms with Crippen LogP contribution in [-0.4, -0.2) is 22.2 Å². The van der Waals surface area contributed by atoms with Gasteiger partial charge in [0, 0.05) is 5.69 Å². The minimum atomic E-state index is -1.43. The lowest BCUT2D eigenvalue weighted by Gasteiger charge is -2.07. The van der Waals surface area contributed by atoms with Gasteiger partial charge in [-0.05, 0) is 45.9 Å². The SMILES string of the molecule is CC(C)Cc1cc(B(O)O)cc(Br)n1. The van der Waals surface area contributed by atoms with E-state index in [0.717, 1.165) is 12.1 Å². The average molecular weight is 258 g/mol. The van der Waals surface area contributed by atoms with Gasteiger partial charge in [-0.3, -0.25) is 0 Å². The topological polar surface area (TPSA) is 53.4 Å². The van der Waals surface area contributed by atoms with Crippen LogP contribution >= 0.6 is 15.9 Å².